The van der Waals surface area contributed by atoms with E-state index in [4.69, 9.17) is 21.9 Å². The second-order valence-corrected chi connectivity index (χ2v) is 3.24. The summed E-state index contributed by atoms with van der Waals surface area (Å²) in [4.78, 5) is 3.83. The number of nitrogens with zero attached hydrogens (tertiary/aromatic N) is 1. The molecule has 0 saturated heterocycles. The first-order valence-electron chi connectivity index (χ1n) is 4.72. The van der Waals surface area contributed by atoms with Gasteiger partial charge in [-0.2, -0.15) is 4.99 Å². The third kappa shape index (κ3) is 2.13. The highest BCUT2D eigenvalue weighted by atomic mass is 16.5. The van der Waals surface area contributed by atoms with Crippen molar-refractivity contribution in [3.63, 3.8) is 0 Å². The number of guanidine groups is 1. The Labute approximate surface area is 88.7 Å². The number of nitrogens with one attached hydrogen (secondary N) is 2. The molecule has 8 N–H and O–H groups in total. The zero-order valence-corrected chi connectivity index (χ0v) is 9.00. The lowest BCUT2D eigenvalue weighted by Crippen LogP contribution is -2.59. The Balaban J connectivity index is 2.95. The molecule has 1 aliphatic rings. The molecule has 0 bridgehead atoms. The van der Waals surface area contributed by atoms with Crippen molar-refractivity contribution in [2.45, 2.75) is 19.1 Å². The van der Waals surface area contributed by atoms with Crippen LogP contribution in [0.4, 0.5) is 0 Å². The van der Waals surface area contributed by atoms with E-state index in [1.165, 1.54) is 0 Å². The summed E-state index contributed by atoms with van der Waals surface area (Å²) in [5.41, 5.74) is 16.6. The van der Waals surface area contributed by atoms with Gasteiger partial charge in [-0.1, -0.05) is 6.92 Å². The van der Waals surface area contributed by atoms with Gasteiger partial charge in [0, 0.05) is 0 Å². The average molecular weight is 214 g/mol. The van der Waals surface area contributed by atoms with Gasteiger partial charge in [0.1, 0.15) is 5.70 Å². The summed E-state index contributed by atoms with van der Waals surface area (Å²) in [7, 11) is 1.77. The summed E-state index contributed by atoms with van der Waals surface area (Å²) in [6.07, 6.45) is 0.595. The lowest BCUT2D eigenvalue weighted by atomic mass is 10.1. The number of nitrogens with two attached hydrogens (primary N) is 3. The molecule has 1 atom stereocenters. The monoisotopic (exact) mass is 214 g/mol. The normalized spacial score (nSPS) is 26.1. The van der Waals surface area contributed by atoms with Crippen molar-refractivity contribution >= 4 is 5.96 Å². The molecule has 15 heavy (non-hydrogen) atoms. The number of ether oxygens (including phenoxy) is 1. The summed E-state index contributed by atoms with van der Waals surface area (Å²) in [5.74, 6) is 0.406. The van der Waals surface area contributed by atoms with E-state index in [2.05, 4.69) is 15.6 Å². The minimum absolute atomic E-state index is 0.198. The van der Waals surface area contributed by atoms with Gasteiger partial charge in [-0.15, -0.1) is 0 Å². The quantitative estimate of drug-likeness (QED) is 0.355. The Morgan fingerprint density at radius 3 is 2.67 bits per heavy atom. The molecule has 7 heteroatoms. The summed E-state index contributed by atoms with van der Waals surface area (Å²) in [6.45, 7) is 2.25. The Morgan fingerprint density at radius 2 is 2.13 bits per heavy atom. The van der Waals surface area contributed by atoms with Crippen LogP contribution in [-0.2, 0) is 4.74 Å². The van der Waals surface area contributed by atoms with Crippen LogP contribution in [0, 0.1) is 0 Å². The minimum Gasteiger partial charge on any atom is -0.395 e. The molecule has 7 nitrogen and oxygen atoms in total. The van der Waals surface area contributed by atoms with E-state index in [0.717, 1.165) is 0 Å². The van der Waals surface area contributed by atoms with Crippen LogP contribution in [0.25, 0.3) is 0 Å². The third-order valence-corrected chi connectivity index (χ3v) is 2.24. The fourth-order valence-corrected chi connectivity index (χ4v) is 1.39. The topological polar surface area (TPSA) is 124 Å². The van der Waals surface area contributed by atoms with E-state index < -0.39 is 5.72 Å². The van der Waals surface area contributed by atoms with Crippen LogP contribution in [-0.4, -0.2) is 25.5 Å². The number of hydrogen-bond acceptors (Lipinski definition) is 7. The van der Waals surface area contributed by atoms with Gasteiger partial charge in [-0.25, -0.2) is 0 Å². The Bertz CT molecular complexity index is 300. The van der Waals surface area contributed by atoms with Gasteiger partial charge in [-0.05, 0) is 13.5 Å². The first-order valence-corrected chi connectivity index (χ1v) is 4.72. The van der Waals surface area contributed by atoms with Crippen LogP contribution in [0.15, 0.2) is 16.5 Å². The lowest BCUT2D eigenvalue weighted by Gasteiger charge is -2.36. The van der Waals surface area contributed by atoms with Crippen molar-refractivity contribution in [1.82, 2.24) is 10.6 Å². The SMILES string of the molecule is CCC1(OCNC)NC(N)=NC(N)=C1N. The Hall–Kier alpha value is -1.47. The fraction of sp³-hybridized carbons (Fsp3) is 0.625. The zero-order chi connectivity index (χ0) is 11.5. The van der Waals surface area contributed by atoms with Gasteiger partial charge in [0.15, 0.2) is 17.5 Å². The second-order valence-electron chi connectivity index (χ2n) is 3.24. The molecule has 86 valence electrons. The van der Waals surface area contributed by atoms with Gasteiger partial charge < -0.3 is 27.3 Å². The molecule has 1 rings (SSSR count). The van der Waals surface area contributed by atoms with Gasteiger partial charge in [0.05, 0.1) is 6.73 Å². The number of aliphatic imine (C=N–C) groups is 1. The fourth-order valence-electron chi connectivity index (χ4n) is 1.39. The highest BCUT2D eigenvalue weighted by Crippen LogP contribution is 2.23. The lowest BCUT2D eigenvalue weighted by molar-refractivity contribution is -0.0417. The van der Waals surface area contributed by atoms with Gasteiger partial charge in [-0.3, -0.25) is 5.32 Å². The van der Waals surface area contributed by atoms with E-state index in [-0.39, 0.29) is 11.8 Å². The summed E-state index contributed by atoms with van der Waals surface area (Å²) in [5, 5.41) is 5.76. The standard InChI is InChI=1S/C8H18N6O/c1-3-8(15-4-12-2)5(9)6(10)13-7(11)14-8/h12H,3-4,9-10H2,1-2H3,(H3,11,13,14). The molecule has 1 unspecified atom stereocenters. The van der Waals surface area contributed by atoms with Crippen LogP contribution in [0.3, 0.4) is 0 Å². The second kappa shape index (κ2) is 4.37. The van der Waals surface area contributed by atoms with Crippen LogP contribution < -0.4 is 27.8 Å². The van der Waals surface area contributed by atoms with Crippen molar-refractivity contribution < 1.29 is 4.74 Å². The summed E-state index contributed by atoms with van der Waals surface area (Å²) >= 11 is 0. The van der Waals surface area contributed by atoms with E-state index in [1.54, 1.807) is 7.05 Å². The number of hydrogen-bond donors (Lipinski definition) is 5. The summed E-state index contributed by atoms with van der Waals surface area (Å²) < 4.78 is 5.58. The van der Waals surface area contributed by atoms with Crippen LogP contribution in [0.5, 0.6) is 0 Å². The maximum atomic E-state index is 5.85. The molecule has 1 heterocycles. The summed E-state index contributed by atoms with van der Waals surface area (Å²) in [6, 6.07) is 0. The van der Waals surface area contributed by atoms with Gasteiger partial charge >= 0.3 is 0 Å². The van der Waals surface area contributed by atoms with Crippen molar-refractivity contribution in [3.05, 3.63) is 11.5 Å². The first-order chi connectivity index (χ1) is 7.05. The van der Waals surface area contributed by atoms with Gasteiger partial charge in [0.2, 0.25) is 0 Å². The highest BCUT2D eigenvalue weighted by Gasteiger charge is 2.37. The van der Waals surface area contributed by atoms with Crippen molar-refractivity contribution in [1.29, 1.82) is 0 Å². The van der Waals surface area contributed by atoms with Crippen LogP contribution >= 0.6 is 0 Å². The van der Waals surface area contributed by atoms with E-state index >= 15 is 0 Å². The molecular weight excluding hydrogens is 196 g/mol. The molecule has 0 aliphatic carbocycles. The first kappa shape index (κ1) is 11.6. The Morgan fingerprint density at radius 1 is 1.47 bits per heavy atom. The number of rotatable bonds is 4. The zero-order valence-electron chi connectivity index (χ0n) is 9.00. The molecule has 0 amide bonds. The minimum atomic E-state index is -0.862. The third-order valence-electron chi connectivity index (χ3n) is 2.24. The largest absolute Gasteiger partial charge is 0.395 e. The van der Waals surface area contributed by atoms with E-state index in [0.29, 0.717) is 18.8 Å². The molecule has 0 aromatic rings. The average Bonchev–Trinajstić information content (AvgIpc) is 2.21. The molecule has 0 saturated carbocycles. The van der Waals surface area contributed by atoms with Crippen LogP contribution in [0.1, 0.15) is 13.3 Å². The molecule has 1 aliphatic heterocycles. The van der Waals surface area contributed by atoms with Crippen molar-refractivity contribution in [2.75, 3.05) is 13.8 Å². The van der Waals surface area contributed by atoms with Crippen molar-refractivity contribution in [3.8, 4) is 0 Å². The van der Waals surface area contributed by atoms with Crippen LogP contribution in [0.2, 0.25) is 0 Å². The highest BCUT2D eigenvalue weighted by molar-refractivity contribution is 5.81. The smallest absolute Gasteiger partial charge is 0.197 e. The van der Waals surface area contributed by atoms with Crippen molar-refractivity contribution in [2.24, 2.45) is 22.2 Å². The molecule has 0 aromatic heterocycles. The molecule has 0 fully saturated rings. The maximum Gasteiger partial charge on any atom is 0.197 e. The molecular formula is C8H18N6O. The Kier molecular flexibility index (Phi) is 3.38. The maximum absolute atomic E-state index is 5.85. The molecule has 0 radical (unpaired) electrons. The van der Waals surface area contributed by atoms with Gasteiger partial charge in [0.25, 0.3) is 0 Å². The molecule has 0 aromatic carbocycles. The van der Waals surface area contributed by atoms with E-state index in [1.807, 2.05) is 6.92 Å². The predicted molar refractivity (Wildman–Crippen MR) is 58.2 cm³/mol. The van der Waals surface area contributed by atoms with E-state index in [9.17, 15) is 0 Å². The predicted octanol–water partition coefficient (Wildman–Crippen LogP) is -1.71. The molecule has 0 spiro atoms.